The number of hydrogen-bond acceptors (Lipinski definition) is 5. The van der Waals surface area contributed by atoms with Crippen LogP contribution in [0.3, 0.4) is 0 Å². The van der Waals surface area contributed by atoms with Crippen LogP contribution in [-0.4, -0.2) is 35.9 Å². The number of amides is 1. The van der Waals surface area contributed by atoms with Crippen molar-refractivity contribution in [1.82, 2.24) is 10.2 Å². The molecule has 0 unspecified atom stereocenters. The maximum atomic E-state index is 13.0. The van der Waals surface area contributed by atoms with Gasteiger partial charge in [0, 0.05) is 35.5 Å². The van der Waals surface area contributed by atoms with Gasteiger partial charge in [-0.25, -0.2) is 9.63 Å². The molecule has 52 heavy (non-hydrogen) atoms. The summed E-state index contributed by atoms with van der Waals surface area (Å²) in [5.41, 5.74) is -6.37. The minimum absolute atomic E-state index is 0.104. The minimum atomic E-state index is -4.88. The van der Waals surface area contributed by atoms with E-state index in [1.54, 1.807) is 20.8 Å². The van der Waals surface area contributed by atoms with Gasteiger partial charge in [0.25, 0.3) is 0 Å². The van der Waals surface area contributed by atoms with Crippen molar-refractivity contribution in [2.24, 2.45) is 0 Å². The van der Waals surface area contributed by atoms with Gasteiger partial charge < -0.3 is 20.7 Å². The third-order valence-corrected chi connectivity index (χ3v) is 8.56. The summed E-state index contributed by atoms with van der Waals surface area (Å²) >= 11 is 5.51. The van der Waals surface area contributed by atoms with E-state index in [2.05, 4.69) is 20.8 Å². The van der Waals surface area contributed by atoms with Gasteiger partial charge in [0.05, 0.1) is 22.3 Å². The van der Waals surface area contributed by atoms with Crippen LogP contribution in [0.1, 0.15) is 94.4 Å². The molecule has 0 radical (unpaired) electrons. The molecule has 1 amide bonds. The number of anilines is 2. The van der Waals surface area contributed by atoms with Gasteiger partial charge in [0.15, 0.2) is 0 Å². The molecule has 0 atom stereocenters. The molecule has 0 heterocycles. The van der Waals surface area contributed by atoms with Crippen molar-refractivity contribution in [3.8, 4) is 0 Å². The highest BCUT2D eigenvalue weighted by atomic mass is 35.5. The van der Waals surface area contributed by atoms with E-state index in [-0.39, 0.29) is 47.7 Å². The van der Waals surface area contributed by atoms with Crippen molar-refractivity contribution >= 4 is 29.2 Å². The normalized spacial score (nSPS) is 21.8. The molecule has 2 aliphatic rings. The molecular formula is C33H39ClF12N4O2. The molecule has 294 valence electrons. The fourth-order valence-corrected chi connectivity index (χ4v) is 5.97. The summed E-state index contributed by atoms with van der Waals surface area (Å²) in [7, 11) is 0. The summed E-state index contributed by atoms with van der Waals surface area (Å²) < 4.78 is 160. The molecule has 6 nitrogen and oxygen atoms in total. The van der Waals surface area contributed by atoms with Crippen molar-refractivity contribution in [2.45, 2.75) is 127 Å². The van der Waals surface area contributed by atoms with Crippen molar-refractivity contribution < 1.29 is 62.2 Å². The Morgan fingerprint density at radius 1 is 0.538 bits per heavy atom. The summed E-state index contributed by atoms with van der Waals surface area (Å²) in [5, 5.41) is 8.29. The molecule has 2 saturated carbocycles. The van der Waals surface area contributed by atoms with Crippen molar-refractivity contribution in [1.29, 1.82) is 0 Å². The number of rotatable bonds is 6. The van der Waals surface area contributed by atoms with E-state index in [1.165, 1.54) is 0 Å². The molecular weight excluding hydrogens is 748 g/mol. The average molecular weight is 787 g/mol. The Hall–Kier alpha value is -3.28. The SMILES string of the molecule is CC(C)(C)OC(=O)NC1CCC(Nc2cc(C(F)(F)F)cc(C(F)(F)F)c2)CC1.FC(F)(F)c1cc(NC2CCC(NCl)CC2)cc(C(F)(F)F)c1. The van der Waals surface area contributed by atoms with Gasteiger partial charge in [0.2, 0.25) is 0 Å². The van der Waals surface area contributed by atoms with Gasteiger partial charge in [0.1, 0.15) is 5.60 Å². The molecule has 0 aromatic heterocycles. The highest BCUT2D eigenvalue weighted by Gasteiger charge is 2.39. The standard InChI is InChI=1S/C19H24F6N2O2.C14H15ClF6N2/c1-17(2,3)29-16(28)27-14-6-4-13(5-7-14)26-15-9-11(18(20,21)22)8-12(10-15)19(23,24)25;15-23-11-3-1-10(2-4-11)22-12-6-8(13(16,17)18)5-9(7-12)14(19,20)21/h8-10,13-14,26H,4-7H2,1-3H3,(H,27,28);5-7,10-11,22-23H,1-4H2. The molecule has 0 saturated heterocycles. The Labute approximate surface area is 297 Å². The number of ether oxygens (including phenoxy) is 1. The predicted octanol–water partition coefficient (Wildman–Crippen LogP) is 11.2. The Morgan fingerprint density at radius 3 is 1.10 bits per heavy atom. The van der Waals surface area contributed by atoms with Gasteiger partial charge in [-0.15, -0.1) is 0 Å². The second kappa shape index (κ2) is 16.8. The number of nitrogens with one attached hydrogen (secondary N) is 4. The lowest BCUT2D eigenvalue weighted by Crippen LogP contribution is -2.42. The number of halogens is 13. The maximum absolute atomic E-state index is 13.0. The van der Waals surface area contributed by atoms with E-state index in [4.69, 9.17) is 16.5 Å². The van der Waals surface area contributed by atoms with Crippen LogP contribution in [0.25, 0.3) is 0 Å². The van der Waals surface area contributed by atoms with Crippen LogP contribution in [-0.2, 0) is 29.4 Å². The second-order valence-electron chi connectivity index (χ2n) is 13.7. The number of hydrogen-bond donors (Lipinski definition) is 4. The monoisotopic (exact) mass is 786 g/mol. The molecule has 19 heteroatoms. The fourth-order valence-electron chi connectivity index (χ4n) is 5.75. The van der Waals surface area contributed by atoms with Gasteiger partial charge in [-0.05, 0) is 120 Å². The molecule has 0 aliphatic heterocycles. The third kappa shape index (κ3) is 13.9. The third-order valence-electron chi connectivity index (χ3n) is 8.25. The number of alkyl carbamates (subject to hydrolysis) is 1. The van der Waals surface area contributed by atoms with Crippen LogP contribution in [0.4, 0.5) is 68.9 Å². The first kappa shape index (κ1) is 43.1. The molecule has 4 rings (SSSR count). The van der Waals surface area contributed by atoms with Crippen LogP contribution in [0, 0.1) is 0 Å². The van der Waals surface area contributed by atoms with Crippen LogP contribution >= 0.6 is 11.8 Å². The zero-order valence-electron chi connectivity index (χ0n) is 28.2. The first-order valence-corrected chi connectivity index (χ1v) is 16.6. The van der Waals surface area contributed by atoms with Gasteiger partial charge in [-0.3, -0.25) is 0 Å². The maximum Gasteiger partial charge on any atom is 0.416 e. The van der Waals surface area contributed by atoms with Crippen LogP contribution in [0.15, 0.2) is 36.4 Å². The number of carbonyl (C=O) groups excluding carboxylic acids is 1. The highest BCUT2D eigenvalue weighted by molar-refractivity contribution is 6.13. The number of benzene rings is 2. The van der Waals surface area contributed by atoms with E-state index < -0.39 is 58.7 Å². The summed E-state index contributed by atoms with van der Waals surface area (Å²) in [4.78, 5) is 14.4. The Kier molecular flexibility index (Phi) is 13.9. The topological polar surface area (TPSA) is 74.4 Å². The predicted molar refractivity (Wildman–Crippen MR) is 171 cm³/mol. The lowest BCUT2D eigenvalue weighted by atomic mass is 9.91. The summed E-state index contributed by atoms with van der Waals surface area (Å²) in [6, 6.07) is 2.49. The summed E-state index contributed by atoms with van der Waals surface area (Å²) in [6.45, 7) is 5.20. The number of alkyl halides is 12. The molecule has 0 bridgehead atoms. The molecule has 0 spiro atoms. The molecule has 2 aliphatic carbocycles. The van der Waals surface area contributed by atoms with Crippen LogP contribution < -0.4 is 20.8 Å². The van der Waals surface area contributed by atoms with Crippen molar-refractivity contribution in [3.63, 3.8) is 0 Å². The van der Waals surface area contributed by atoms with Crippen LogP contribution in [0.5, 0.6) is 0 Å². The quantitative estimate of drug-likeness (QED) is 0.173. The summed E-state index contributed by atoms with van der Waals surface area (Å²) in [6.07, 6.45) is -15.3. The van der Waals surface area contributed by atoms with E-state index in [0.717, 1.165) is 0 Å². The van der Waals surface area contributed by atoms with Gasteiger partial charge in [-0.1, -0.05) is 0 Å². The first-order valence-electron chi connectivity index (χ1n) is 16.2. The van der Waals surface area contributed by atoms with E-state index in [0.29, 0.717) is 75.6 Å². The zero-order valence-corrected chi connectivity index (χ0v) is 28.9. The smallest absolute Gasteiger partial charge is 0.416 e. The Morgan fingerprint density at radius 2 is 0.827 bits per heavy atom. The first-order chi connectivity index (χ1) is 23.7. The van der Waals surface area contributed by atoms with E-state index in [9.17, 15) is 57.5 Å². The zero-order chi connectivity index (χ0) is 39.3. The molecule has 2 aromatic carbocycles. The number of carbonyl (C=O) groups is 1. The van der Waals surface area contributed by atoms with Crippen molar-refractivity contribution in [3.05, 3.63) is 58.7 Å². The van der Waals surface area contributed by atoms with E-state index >= 15 is 0 Å². The van der Waals surface area contributed by atoms with E-state index in [1.807, 2.05) is 0 Å². The molecule has 2 aromatic rings. The van der Waals surface area contributed by atoms with Gasteiger partial charge in [-0.2, -0.15) is 52.7 Å². The van der Waals surface area contributed by atoms with Crippen molar-refractivity contribution in [2.75, 3.05) is 10.6 Å². The lowest BCUT2D eigenvalue weighted by Gasteiger charge is -2.31. The minimum Gasteiger partial charge on any atom is -0.444 e. The summed E-state index contributed by atoms with van der Waals surface area (Å²) in [5.74, 6) is 0. The highest BCUT2D eigenvalue weighted by Crippen LogP contribution is 2.40. The fraction of sp³-hybridized carbons (Fsp3) is 0.606. The van der Waals surface area contributed by atoms with Crippen LogP contribution in [0.2, 0.25) is 0 Å². The molecule has 4 N–H and O–H groups in total. The Bertz CT molecular complexity index is 1410. The van der Waals surface area contributed by atoms with Gasteiger partial charge >= 0.3 is 30.8 Å². The molecule has 2 fully saturated rings. The second-order valence-corrected chi connectivity index (χ2v) is 13.9. The Balaban J connectivity index is 0.000000288. The largest absolute Gasteiger partial charge is 0.444 e. The lowest BCUT2D eigenvalue weighted by molar-refractivity contribution is -0.144. The average Bonchev–Trinajstić information content (AvgIpc) is 3.00.